The van der Waals surface area contributed by atoms with E-state index in [9.17, 15) is 0 Å². The number of hydrogen-bond acceptors (Lipinski definition) is 2. The van der Waals surface area contributed by atoms with Crippen LogP contribution >= 0.6 is 0 Å². The van der Waals surface area contributed by atoms with E-state index in [0.29, 0.717) is 5.92 Å². The van der Waals surface area contributed by atoms with Gasteiger partial charge in [0.2, 0.25) is 0 Å². The Balaban J connectivity index is 2.38. The normalized spacial score (nSPS) is 11.8. The highest BCUT2D eigenvalue weighted by Crippen LogP contribution is 2.34. The highest BCUT2D eigenvalue weighted by molar-refractivity contribution is 6.67. The van der Waals surface area contributed by atoms with Crippen LogP contribution in [-0.4, -0.2) is 22.8 Å². The average Bonchev–Trinajstić information content (AvgIpc) is 2.58. The zero-order valence-electron chi connectivity index (χ0n) is 13.1. The van der Waals surface area contributed by atoms with Gasteiger partial charge in [0.05, 0.1) is 0 Å². The third-order valence-corrected chi connectivity index (χ3v) is 7.80. The number of hydrogen-bond donors (Lipinski definition) is 0. The molecule has 2 aromatic carbocycles. The molecule has 0 unspecified atom stereocenters. The molecular formula is C18H24O2Si. The van der Waals surface area contributed by atoms with Gasteiger partial charge in [-0.15, -0.1) is 0 Å². The van der Waals surface area contributed by atoms with E-state index < -0.39 is 8.56 Å². The Bertz CT molecular complexity index is 476. The molecule has 0 heterocycles. The van der Waals surface area contributed by atoms with Gasteiger partial charge in [-0.25, -0.2) is 0 Å². The van der Waals surface area contributed by atoms with Gasteiger partial charge in [0, 0.05) is 26.2 Å². The van der Waals surface area contributed by atoms with E-state index in [1.807, 2.05) is 0 Å². The molecule has 0 saturated carbocycles. The van der Waals surface area contributed by atoms with Crippen molar-refractivity contribution >= 4 is 8.56 Å². The molecule has 0 amide bonds. The van der Waals surface area contributed by atoms with Crippen molar-refractivity contribution in [3.05, 3.63) is 71.8 Å². The molecule has 2 nitrogen and oxygen atoms in total. The van der Waals surface area contributed by atoms with E-state index in [2.05, 4.69) is 67.6 Å². The maximum Gasteiger partial charge on any atom is 0.338 e. The van der Waals surface area contributed by atoms with Gasteiger partial charge in [0.25, 0.3) is 0 Å². The molecule has 0 bridgehead atoms. The molecule has 2 rings (SSSR count). The van der Waals surface area contributed by atoms with Gasteiger partial charge in [-0.3, -0.25) is 0 Å². The van der Waals surface area contributed by atoms with Crippen LogP contribution in [-0.2, 0) is 8.85 Å². The lowest BCUT2D eigenvalue weighted by atomic mass is 9.93. The predicted molar refractivity (Wildman–Crippen MR) is 89.8 cm³/mol. The van der Waals surface area contributed by atoms with Gasteiger partial charge in [-0.1, -0.05) is 67.6 Å². The molecular weight excluding hydrogens is 276 g/mol. The van der Waals surface area contributed by atoms with Crippen molar-refractivity contribution in [1.82, 2.24) is 0 Å². The maximum absolute atomic E-state index is 5.83. The summed E-state index contributed by atoms with van der Waals surface area (Å²) in [7, 11) is 1.42. The van der Waals surface area contributed by atoms with E-state index in [4.69, 9.17) is 8.85 Å². The second-order valence-electron chi connectivity index (χ2n) is 5.25. The minimum atomic E-state index is -2.15. The van der Waals surface area contributed by atoms with Crippen molar-refractivity contribution in [3.63, 3.8) is 0 Å². The fourth-order valence-corrected chi connectivity index (χ4v) is 5.25. The van der Waals surface area contributed by atoms with E-state index in [1.165, 1.54) is 11.1 Å². The monoisotopic (exact) mass is 300 g/mol. The second kappa shape index (κ2) is 7.55. The van der Waals surface area contributed by atoms with Crippen LogP contribution in [0.1, 0.15) is 24.0 Å². The Morgan fingerprint density at radius 2 is 1.24 bits per heavy atom. The Morgan fingerprint density at radius 3 is 1.57 bits per heavy atom. The summed E-state index contributed by atoms with van der Waals surface area (Å²) in [5.41, 5.74) is 2.64. The van der Waals surface area contributed by atoms with Crippen LogP contribution in [0.25, 0.3) is 0 Å². The first kappa shape index (κ1) is 16.0. The first-order chi connectivity index (χ1) is 10.2. The highest BCUT2D eigenvalue weighted by Gasteiger charge is 2.37. The summed E-state index contributed by atoms with van der Waals surface area (Å²) in [5.74, 6) is 0.318. The van der Waals surface area contributed by atoms with Crippen molar-refractivity contribution in [2.75, 3.05) is 14.2 Å². The minimum Gasteiger partial charge on any atom is -0.398 e. The summed E-state index contributed by atoms with van der Waals surface area (Å²) in [6.07, 6.45) is 0. The Morgan fingerprint density at radius 1 is 0.810 bits per heavy atom. The molecule has 0 aliphatic carbocycles. The standard InChI is InChI=1S/C18H24O2Si/c1-4-21(19-2,20-3)15-18(16-11-7-5-8-12-16)17-13-9-6-10-14-17/h5-14,18H,4,15H2,1-3H3. The van der Waals surface area contributed by atoms with Gasteiger partial charge in [0.15, 0.2) is 0 Å². The van der Waals surface area contributed by atoms with Crippen molar-refractivity contribution in [1.29, 1.82) is 0 Å². The second-order valence-corrected chi connectivity index (χ2v) is 9.00. The molecule has 0 saturated heterocycles. The van der Waals surface area contributed by atoms with E-state index in [-0.39, 0.29) is 0 Å². The highest BCUT2D eigenvalue weighted by atomic mass is 28.4. The third-order valence-electron chi connectivity index (χ3n) is 4.20. The average molecular weight is 300 g/mol. The van der Waals surface area contributed by atoms with E-state index >= 15 is 0 Å². The van der Waals surface area contributed by atoms with Crippen molar-refractivity contribution in [3.8, 4) is 0 Å². The van der Waals surface area contributed by atoms with Crippen molar-refractivity contribution in [2.24, 2.45) is 0 Å². The van der Waals surface area contributed by atoms with Gasteiger partial charge < -0.3 is 8.85 Å². The smallest absolute Gasteiger partial charge is 0.338 e. The Kier molecular flexibility index (Phi) is 5.73. The molecule has 0 aliphatic heterocycles. The lowest BCUT2D eigenvalue weighted by molar-refractivity contribution is 0.241. The first-order valence-corrected chi connectivity index (χ1v) is 9.68. The predicted octanol–water partition coefficient (Wildman–Crippen LogP) is 4.57. The largest absolute Gasteiger partial charge is 0.398 e. The zero-order chi connectivity index (χ0) is 15.1. The first-order valence-electron chi connectivity index (χ1n) is 7.45. The lowest BCUT2D eigenvalue weighted by Crippen LogP contribution is -2.40. The molecule has 2 aromatic rings. The Hall–Kier alpha value is -1.42. The summed E-state index contributed by atoms with van der Waals surface area (Å²) in [4.78, 5) is 0. The fourth-order valence-electron chi connectivity index (χ4n) is 2.79. The van der Waals surface area contributed by atoms with Crippen LogP contribution in [0.3, 0.4) is 0 Å². The number of benzene rings is 2. The van der Waals surface area contributed by atoms with Crippen LogP contribution in [0.5, 0.6) is 0 Å². The summed E-state index contributed by atoms with van der Waals surface area (Å²) >= 11 is 0. The lowest BCUT2D eigenvalue weighted by Gasteiger charge is -2.31. The van der Waals surface area contributed by atoms with Crippen molar-refractivity contribution in [2.45, 2.75) is 24.9 Å². The molecule has 0 aromatic heterocycles. The summed E-state index contributed by atoms with van der Waals surface area (Å²) in [6.45, 7) is 2.16. The summed E-state index contributed by atoms with van der Waals surface area (Å²) in [5, 5.41) is 0. The number of rotatable bonds is 7. The van der Waals surface area contributed by atoms with Gasteiger partial charge in [-0.2, -0.15) is 0 Å². The molecule has 112 valence electrons. The summed E-state index contributed by atoms with van der Waals surface area (Å²) < 4.78 is 11.7. The molecule has 0 spiro atoms. The van der Waals surface area contributed by atoms with Gasteiger partial charge >= 0.3 is 8.56 Å². The van der Waals surface area contributed by atoms with Crippen molar-refractivity contribution < 1.29 is 8.85 Å². The molecule has 0 atom stereocenters. The topological polar surface area (TPSA) is 18.5 Å². The quantitative estimate of drug-likeness (QED) is 0.697. The fraction of sp³-hybridized carbons (Fsp3) is 0.333. The molecule has 0 N–H and O–H groups in total. The SMILES string of the molecule is CC[Si](CC(c1ccccc1)c1ccccc1)(OC)OC. The minimum absolute atomic E-state index is 0.318. The van der Waals surface area contributed by atoms with Crippen LogP contribution in [0, 0.1) is 0 Å². The van der Waals surface area contributed by atoms with E-state index in [1.54, 1.807) is 14.2 Å². The molecule has 0 radical (unpaired) electrons. The van der Waals surface area contributed by atoms with Gasteiger partial charge in [0.1, 0.15) is 0 Å². The third kappa shape index (κ3) is 3.82. The van der Waals surface area contributed by atoms with Crippen LogP contribution < -0.4 is 0 Å². The van der Waals surface area contributed by atoms with E-state index in [0.717, 1.165) is 12.1 Å². The van der Waals surface area contributed by atoms with Crippen LogP contribution in [0.2, 0.25) is 12.1 Å². The summed E-state index contributed by atoms with van der Waals surface area (Å²) in [6, 6.07) is 23.2. The van der Waals surface area contributed by atoms with Crippen LogP contribution in [0.4, 0.5) is 0 Å². The Labute approximate surface area is 129 Å². The molecule has 0 aliphatic rings. The molecule has 3 heteroatoms. The van der Waals surface area contributed by atoms with Crippen LogP contribution in [0.15, 0.2) is 60.7 Å². The van der Waals surface area contributed by atoms with Gasteiger partial charge in [-0.05, 0) is 17.2 Å². The maximum atomic E-state index is 5.83. The zero-order valence-corrected chi connectivity index (χ0v) is 14.1. The molecule has 0 fully saturated rings. The molecule has 21 heavy (non-hydrogen) atoms.